The molecule has 2 rings (SSSR count). The minimum absolute atomic E-state index is 0.101. The van der Waals surface area contributed by atoms with Crippen molar-refractivity contribution in [3.63, 3.8) is 0 Å². The Hall–Kier alpha value is -2.25. The van der Waals surface area contributed by atoms with E-state index >= 15 is 0 Å². The number of hydrogen-bond acceptors (Lipinski definition) is 5. The standard InChI is InChI=1S/C15H16N2O4S/c1-9-11(14(18)16-7-13(21-2)15(19)20)3-4-12(17-9)10-5-6-22-8-10/h3-6,8,13H,7H2,1-2H3,(H,16,18)(H,19,20). The van der Waals surface area contributed by atoms with E-state index in [0.717, 1.165) is 11.3 Å². The van der Waals surface area contributed by atoms with E-state index in [-0.39, 0.29) is 12.5 Å². The molecule has 0 radical (unpaired) electrons. The van der Waals surface area contributed by atoms with Gasteiger partial charge < -0.3 is 15.2 Å². The summed E-state index contributed by atoms with van der Waals surface area (Å²) >= 11 is 1.58. The van der Waals surface area contributed by atoms with Crippen molar-refractivity contribution in [2.45, 2.75) is 13.0 Å². The highest BCUT2D eigenvalue weighted by molar-refractivity contribution is 7.08. The van der Waals surface area contributed by atoms with Gasteiger partial charge in [-0.2, -0.15) is 11.3 Å². The largest absolute Gasteiger partial charge is 0.479 e. The Morgan fingerprint density at radius 1 is 1.41 bits per heavy atom. The van der Waals surface area contributed by atoms with Crippen molar-refractivity contribution in [2.75, 3.05) is 13.7 Å². The van der Waals surface area contributed by atoms with Crippen molar-refractivity contribution >= 4 is 23.2 Å². The molecule has 6 nitrogen and oxygen atoms in total. The lowest BCUT2D eigenvalue weighted by molar-refractivity contribution is -0.148. The van der Waals surface area contributed by atoms with Crippen LogP contribution >= 0.6 is 11.3 Å². The summed E-state index contributed by atoms with van der Waals surface area (Å²) in [5.41, 5.74) is 2.81. The molecule has 0 bridgehead atoms. The maximum Gasteiger partial charge on any atom is 0.334 e. The zero-order chi connectivity index (χ0) is 16.1. The molecule has 2 aromatic heterocycles. The number of ether oxygens (including phenoxy) is 1. The fraction of sp³-hybridized carbons (Fsp3) is 0.267. The third kappa shape index (κ3) is 3.69. The zero-order valence-corrected chi connectivity index (χ0v) is 13.0. The fourth-order valence-electron chi connectivity index (χ4n) is 1.92. The van der Waals surface area contributed by atoms with Gasteiger partial charge in [-0.25, -0.2) is 4.79 Å². The molecule has 0 aromatic carbocycles. The topological polar surface area (TPSA) is 88.5 Å². The van der Waals surface area contributed by atoms with Crippen molar-refractivity contribution in [1.29, 1.82) is 0 Å². The summed E-state index contributed by atoms with van der Waals surface area (Å²) in [4.78, 5) is 27.4. The van der Waals surface area contributed by atoms with E-state index in [1.54, 1.807) is 30.4 Å². The molecule has 7 heteroatoms. The van der Waals surface area contributed by atoms with Gasteiger partial charge in [-0.05, 0) is 30.5 Å². The summed E-state index contributed by atoms with van der Waals surface area (Å²) in [6.45, 7) is 1.65. The Bertz CT molecular complexity index is 670. The number of aliphatic carboxylic acids is 1. The quantitative estimate of drug-likeness (QED) is 0.849. The zero-order valence-electron chi connectivity index (χ0n) is 12.2. The molecule has 0 aliphatic carbocycles. The number of thiophene rings is 1. The van der Waals surface area contributed by atoms with Gasteiger partial charge in [0.1, 0.15) is 0 Å². The highest BCUT2D eigenvalue weighted by Crippen LogP contribution is 2.21. The predicted molar refractivity (Wildman–Crippen MR) is 83.1 cm³/mol. The van der Waals surface area contributed by atoms with Crippen molar-refractivity contribution in [3.05, 3.63) is 40.2 Å². The van der Waals surface area contributed by atoms with Gasteiger partial charge in [0.2, 0.25) is 0 Å². The van der Waals surface area contributed by atoms with Crippen molar-refractivity contribution in [3.8, 4) is 11.3 Å². The molecular weight excluding hydrogens is 304 g/mol. The number of aromatic nitrogens is 1. The van der Waals surface area contributed by atoms with E-state index in [1.807, 2.05) is 16.8 Å². The van der Waals surface area contributed by atoms with Crippen molar-refractivity contribution in [1.82, 2.24) is 10.3 Å². The molecule has 1 unspecified atom stereocenters. The molecule has 22 heavy (non-hydrogen) atoms. The van der Waals surface area contributed by atoms with Crippen LogP contribution in [0.3, 0.4) is 0 Å². The third-order valence-electron chi connectivity index (χ3n) is 3.16. The predicted octanol–water partition coefficient (Wildman–Crippen LogP) is 1.95. The maximum absolute atomic E-state index is 12.1. The second-order valence-electron chi connectivity index (χ2n) is 4.61. The van der Waals surface area contributed by atoms with Gasteiger partial charge in [0.25, 0.3) is 5.91 Å². The van der Waals surface area contributed by atoms with E-state index in [9.17, 15) is 9.59 Å². The molecule has 0 fully saturated rings. The Labute approximate surface area is 131 Å². The van der Waals surface area contributed by atoms with E-state index in [0.29, 0.717) is 11.3 Å². The molecule has 1 amide bonds. The van der Waals surface area contributed by atoms with Gasteiger partial charge in [-0.15, -0.1) is 0 Å². The van der Waals surface area contributed by atoms with Gasteiger partial charge in [-0.3, -0.25) is 9.78 Å². The number of carboxylic acids is 1. The Kier molecular flexibility index (Phi) is 5.24. The van der Waals surface area contributed by atoms with Crippen LogP contribution in [0.1, 0.15) is 16.1 Å². The average molecular weight is 320 g/mol. The minimum atomic E-state index is -1.12. The molecule has 0 spiro atoms. The molecule has 0 saturated heterocycles. The first-order valence-electron chi connectivity index (χ1n) is 6.57. The van der Waals surface area contributed by atoms with Crippen LogP contribution in [0.25, 0.3) is 11.3 Å². The highest BCUT2D eigenvalue weighted by atomic mass is 32.1. The summed E-state index contributed by atoms with van der Waals surface area (Å²) in [7, 11) is 1.29. The van der Waals surface area contributed by atoms with E-state index in [2.05, 4.69) is 10.3 Å². The third-order valence-corrected chi connectivity index (χ3v) is 3.84. The maximum atomic E-state index is 12.1. The summed E-state index contributed by atoms with van der Waals surface area (Å²) in [6.07, 6.45) is -1.07. The second kappa shape index (κ2) is 7.15. The number of carboxylic acid groups (broad SMARTS) is 1. The molecule has 2 N–H and O–H groups in total. The first-order valence-corrected chi connectivity index (χ1v) is 7.51. The fourth-order valence-corrected chi connectivity index (χ4v) is 2.57. The van der Waals surface area contributed by atoms with Crippen molar-refractivity contribution in [2.24, 2.45) is 0 Å². The smallest absolute Gasteiger partial charge is 0.334 e. The van der Waals surface area contributed by atoms with E-state index < -0.39 is 12.1 Å². The number of aryl methyl sites for hydroxylation is 1. The number of methoxy groups -OCH3 is 1. The lowest BCUT2D eigenvalue weighted by atomic mass is 10.1. The Morgan fingerprint density at radius 3 is 2.73 bits per heavy atom. The Balaban J connectivity index is 2.09. The molecule has 0 aliphatic rings. The lowest BCUT2D eigenvalue weighted by Gasteiger charge is -2.12. The molecule has 2 heterocycles. The molecule has 1 atom stereocenters. The summed E-state index contributed by atoms with van der Waals surface area (Å²) in [5, 5.41) is 15.4. The van der Waals surface area contributed by atoms with Crippen LogP contribution in [0.15, 0.2) is 29.0 Å². The van der Waals surface area contributed by atoms with Crippen LogP contribution in [-0.2, 0) is 9.53 Å². The number of pyridine rings is 1. The van der Waals surface area contributed by atoms with E-state index in [1.165, 1.54) is 7.11 Å². The van der Waals surface area contributed by atoms with E-state index in [4.69, 9.17) is 9.84 Å². The number of hydrogen-bond donors (Lipinski definition) is 2. The summed E-state index contributed by atoms with van der Waals surface area (Å²) < 4.78 is 4.77. The normalized spacial score (nSPS) is 11.9. The summed E-state index contributed by atoms with van der Waals surface area (Å²) in [6, 6.07) is 5.42. The van der Waals surface area contributed by atoms with Crippen LogP contribution in [-0.4, -0.2) is 41.7 Å². The number of carbonyl (C=O) groups excluding carboxylic acids is 1. The molecular formula is C15H16N2O4S. The lowest BCUT2D eigenvalue weighted by Crippen LogP contribution is -2.38. The van der Waals surface area contributed by atoms with Crippen molar-refractivity contribution < 1.29 is 19.4 Å². The number of nitrogens with zero attached hydrogens (tertiary/aromatic N) is 1. The number of carbonyl (C=O) groups is 2. The number of rotatable bonds is 6. The van der Waals surface area contributed by atoms with Crippen LogP contribution in [0.2, 0.25) is 0 Å². The Morgan fingerprint density at radius 2 is 2.18 bits per heavy atom. The molecule has 0 saturated carbocycles. The number of amides is 1. The average Bonchev–Trinajstić information content (AvgIpc) is 3.01. The van der Waals surface area contributed by atoms with Gasteiger partial charge in [0, 0.05) is 18.1 Å². The van der Waals surface area contributed by atoms with Crippen LogP contribution in [0, 0.1) is 6.92 Å². The van der Waals surface area contributed by atoms with Crippen LogP contribution < -0.4 is 5.32 Å². The van der Waals surface area contributed by atoms with Crippen LogP contribution in [0.5, 0.6) is 0 Å². The molecule has 0 aliphatic heterocycles. The van der Waals surface area contributed by atoms with Crippen LogP contribution in [0.4, 0.5) is 0 Å². The number of nitrogens with one attached hydrogen (secondary N) is 1. The summed E-state index contributed by atoms with van der Waals surface area (Å²) in [5.74, 6) is -1.49. The van der Waals surface area contributed by atoms with Gasteiger partial charge in [0.15, 0.2) is 6.10 Å². The first-order chi connectivity index (χ1) is 10.5. The van der Waals surface area contributed by atoms with Gasteiger partial charge in [0.05, 0.1) is 23.5 Å². The molecule has 116 valence electrons. The highest BCUT2D eigenvalue weighted by Gasteiger charge is 2.18. The van der Waals surface area contributed by atoms with Gasteiger partial charge >= 0.3 is 5.97 Å². The SMILES string of the molecule is COC(CNC(=O)c1ccc(-c2ccsc2)nc1C)C(=O)O. The first kappa shape index (κ1) is 16.1. The minimum Gasteiger partial charge on any atom is -0.479 e. The molecule has 2 aromatic rings. The van der Waals surface area contributed by atoms with Gasteiger partial charge in [-0.1, -0.05) is 0 Å². The second-order valence-corrected chi connectivity index (χ2v) is 5.39. The monoisotopic (exact) mass is 320 g/mol.